The molecule has 0 spiro atoms. The van der Waals surface area contributed by atoms with Crippen LogP contribution in [-0.2, 0) is 9.59 Å². The van der Waals surface area contributed by atoms with Gasteiger partial charge in [-0.3, -0.25) is 0 Å². The topological polar surface area (TPSA) is 80.3 Å². The van der Waals surface area contributed by atoms with E-state index < -0.39 is 11.9 Å². The molecule has 0 radical (unpaired) electrons. The molecule has 0 aliphatic heterocycles. The summed E-state index contributed by atoms with van der Waals surface area (Å²) in [6.07, 6.45) is 2.07. The molecule has 0 aromatic carbocycles. The van der Waals surface area contributed by atoms with Gasteiger partial charge < -0.3 is 19.8 Å². The summed E-state index contributed by atoms with van der Waals surface area (Å²) in [5.74, 6) is -2.34. The van der Waals surface area contributed by atoms with Gasteiger partial charge in [-0.1, -0.05) is 24.4 Å². The number of rotatable bonds is 9. The van der Waals surface area contributed by atoms with E-state index in [0.29, 0.717) is 35.4 Å². The Morgan fingerprint density at radius 1 is 0.778 bits per heavy atom. The minimum atomic E-state index is -1.17. The molecule has 0 heterocycles. The van der Waals surface area contributed by atoms with Gasteiger partial charge in [0.05, 0.1) is 0 Å². The summed E-state index contributed by atoms with van der Waals surface area (Å²) < 4.78 is 0. The predicted octanol–water partition coefficient (Wildman–Crippen LogP) is -6.43. The molecule has 0 aromatic rings. The molecule has 0 unspecified atom stereocenters. The van der Waals surface area contributed by atoms with Gasteiger partial charge in [0.2, 0.25) is 0 Å². The molecule has 0 aromatic heterocycles. The number of carboxylic acids is 2. The molecule has 0 aliphatic carbocycles. The average molecular weight is 306 g/mol. The Morgan fingerprint density at radius 2 is 1.06 bits per heavy atom. The van der Waals surface area contributed by atoms with Crippen molar-refractivity contribution in [1.82, 2.24) is 0 Å². The van der Waals surface area contributed by atoms with Gasteiger partial charge in [-0.15, -0.1) is 0 Å². The second-order valence-corrected chi connectivity index (χ2v) is 4.54. The van der Waals surface area contributed by atoms with Gasteiger partial charge in [0.15, 0.2) is 0 Å². The second kappa shape index (κ2) is 14.5. The zero-order valence-corrected chi connectivity index (χ0v) is 16.3. The quantitative estimate of drug-likeness (QED) is 0.239. The van der Waals surface area contributed by atoms with Crippen molar-refractivity contribution in [2.75, 3.05) is 0 Å². The summed E-state index contributed by atoms with van der Waals surface area (Å²) >= 11 is 9.64. The molecule has 18 heavy (non-hydrogen) atoms. The van der Waals surface area contributed by atoms with Crippen molar-refractivity contribution < 1.29 is 78.9 Å². The van der Waals surface area contributed by atoms with Crippen molar-refractivity contribution in [2.24, 2.45) is 0 Å². The molecule has 0 N–H and O–H groups in total. The number of carbonyl (C=O) groups is 2. The molecular formula is C10H12Na2O4S2. The standard InChI is InChI=1S/C10H14O4S2.2Na/c11-9(12)5-7(15)3-1-2-4-8(16)6-10(13)14;;/h1-6H2,(H,11,12)(H,13,14);;/q;2*+1/p-2. The van der Waals surface area contributed by atoms with Crippen molar-refractivity contribution in [1.29, 1.82) is 0 Å². The summed E-state index contributed by atoms with van der Waals surface area (Å²) in [5, 5.41) is 20.4. The predicted molar refractivity (Wildman–Crippen MR) is 62.9 cm³/mol. The van der Waals surface area contributed by atoms with Gasteiger partial charge in [0.1, 0.15) is 0 Å². The first-order chi connectivity index (χ1) is 7.41. The normalized spacial score (nSPS) is 8.67. The van der Waals surface area contributed by atoms with Crippen molar-refractivity contribution in [2.45, 2.75) is 38.5 Å². The van der Waals surface area contributed by atoms with Crippen LogP contribution in [0.4, 0.5) is 0 Å². The Morgan fingerprint density at radius 3 is 1.28 bits per heavy atom. The fourth-order valence-corrected chi connectivity index (χ4v) is 1.67. The third-order valence-corrected chi connectivity index (χ3v) is 2.54. The first kappa shape index (κ1) is 24.2. The zero-order valence-electron chi connectivity index (χ0n) is 10.7. The third kappa shape index (κ3) is 17.1. The number of unbranched alkanes of at least 4 members (excludes halogenated alkanes) is 1. The monoisotopic (exact) mass is 306 g/mol. The Kier molecular flexibility index (Phi) is 19.5. The first-order valence-electron chi connectivity index (χ1n) is 4.85. The van der Waals surface area contributed by atoms with Crippen molar-refractivity contribution in [3.05, 3.63) is 0 Å². The molecule has 0 fully saturated rings. The molecule has 0 bridgehead atoms. The first-order valence-corrected chi connectivity index (χ1v) is 5.66. The van der Waals surface area contributed by atoms with Gasteiger partial charge in [0.25, 0.3) is 0 Å². The third-order valence-electron chi connectivity index (χ3n) is 1.84. The fourth-order valence-electron chi connectivity index (χ4n) is 1.14. The van der Waals surface area contributed by atoms with E-state index in [4.69, 9.17) is 24.4 Å². The van der Waals surface area contributed by atoms with E-state index >= 15 is 0 Å². The summed E-state index contributed by atoms with van der Waals surface area (Å²) in [6, 6.07) is 0. The van der Waals surface area contributed by atoms with Crippen LogP contribution in [0.25, 0.3) is 0 Å². The number of hydrogen-bond donors (Lipinski definition) is 0. The molecule has 0 atom stereocenters. The van der Waals surface area contributed by atoms with E-state index in [1.165, 1.54) is 0 Å². The summed E-state index contributed by atoms with van der Waals surface area (Å²) in [7, 11) is 0. The van der Waals surface area contributed by atoms with E-state index in [1.54, 1.807) is 0 Å². The van der Waals surface area contributed by atoms with Crippen LogP contribution in [0.5, 0.6) is 0 Å². The number of carbonyl (C=O) groups excluding carboxylic acids is 2. The van der Waals surface area contributed by atoms with Gasteiger partial charge in [0, 0.05) is 24.8 Å². The number of aliphatic carboxylic acids is 2. The Bertz CT molecular complexity index is 278. The van der Waals surface area contributed by atoms with Crippen LogP contribution in [0.2, 0.25) is 0 Å². The second-order valence-electron chi connectivity index (χ2n) is 3.38. The maximum atomic E-state index is 10.2. The summed E-state index contributed by atoms with van der Waals surface area (Å²) in [5.41, 5.74) is 0. The van der Waals surface area contributed by atoms with Crippen molar-refractivity contribution in [3.63, 3.8) is 0 Å². The maximum absolute atomic E-state index is 10.2. The molecule has 8 heteroatoms. The molecule has 0 saturated heterocycles. The van der Waals surface area contributed by atoms with Crippen molar-refractivity contribution in [3.8, 4) is 0 Å². The maximum Gasteiger partial charge on any atom is 1.00 e. The minimum absolute atomic E-state index is 0. The van der Waals surface area contributed by atoms with Gasteiger partial charge in [-0.2, -0.15) is 0 Å². The van der Waals surface area contributed by atoms with Crippen LogP contribution in [0.3, 0.4) is 0 Å². The van der Waals surface area contributed by atoms with Gasteiger partial charge in [-0.25, -0.2) is 0 Å². The Labute approximate surface area is 161 Å². The Balaban J connectivity index is -0.00000112. The van der Waals surface area contributed by atoms with Crippen LogP contribution in [0, 0.1) is 0 Å². The minimum Gasteiger partial charge on any atom is -0.550 e. The van der Waals surface area contributed by atoms with Crippen LogP contribution >= 0.6 is 24.4 Å². The number of thiocarbonyl (C=S) groups is 2. The molecular weight excluding hydrogens is 294 g/mol. The van der Waals surface area contributed by atoms with E-state index in [9.17, 15) is 19.8 Å². The number of hydrogen-bond acceptors (Lipinski definition) is 6. The molecule has 4 nitrogen and oxygen atoms in total. The SMILES string of the molecule is O=C([O-])CC(=S)CCCCC(=S)CC(=O)[O-].[Na+].[Na+]. The Hall–Kier alpha value is 1.12. The average Bonchev–Trinajstić information content (AvgIpc) is 2.10. The fraction of sp³-hybridized carbons (Fsp3) is 0.600. The van der Waals surface area contributed by atoms with Crippen LogP contribution in [0.15, 0.2) is 0 Å². The smallest absolute Gasteiger partial charge is 0.550 e. The molecule has 90 valence electrons. The van der Waals surface area contributed by atoms with Crippen LogP contribution < -0.4 is 69.3 Å². The van der Waals surface area contributed by atoms with E-state index in [0.717, 1.165) is 0 Å². The van der Waals surface area contributed by atoms with Crippen molar-refractivity contribution >= 4 is 46.1 Å². The summed E-state index contributed by atoms with van der Waals surface area (Å²) in [4.78, 5) is 21.3. The molecule has 0 rings (SSSR count). The van der Waals surface area contributed by atoms with Gasteiger partial charge in [-0.05, 0) is 35.4 Å². The van der Waals surface area contributed by atoms with E-state index in [2.05, 4.69) is 0 Å². The van der Waals surface area contributed by atoms with E-state index in [-0.39, 0.29) is 72.0 Å². The van der Waals surface area contributed by atoms with Gasteiger partial charge >= 0.3 is 59.1 Å². The van der Waals surface area contributed by atoms with Crippen LogP contribution in [0.1, 0.15) is 38.5 Å². The molecule has 0 aliphatic rings. The molecule has 0 amide bonds. The zero-order chi connectivity index (χ0) is 12.6. The molecule has 0 saturated carbocycles. The summed E-state index contributed by atoms with van der Waals surface area (Å²) in [6.45, 7) is 0. The van der Waals surface area contributed by atoms with Crippen LogP contribution in [-0.4, -0.2) is 21.7 Å². The number of carboxylic acid groups (broad SMARTS) is 2. The largest absolute Gasteiger partial charge is 1.00 e. The van der Waals surface area contributed by atoms with E-state index in [1.807, 2.05) is 0 Å².